The lowest BCUT2D eigenvalue weighted by atomic mass is 10.0. The molecule has 7 nitrogen and oxygen atoms in total. The summed E-state index contributed by atoms with van der Waals surface area (Å²) in [7, 11) is -4.41. The lowest BCUT2D eigenvalue weighted by Crippen LogP contribution is -2.29. The van der Waals surface area contributed by atoms with Crippen molar-refractivity contribution in [2.75, 3.05) is 19.8 Å². The summed E-state index contributed by atoms with van der Waals surface area (Å²) in [6.45, 7) is 6.49. The first-order chi connectivity index (χ1) is 22.3. The highest BCUT2D eigenvalue weighted by Gasteiger charge is 2.19. The fourth-order valence-corrected chi connectivity index (χ4v) is 6.29. The van der Waals surface area contributed by atoms with E-state index >= 15 is 0 Å². The molecule has 46 heavy (non-hydrogen) atoms. The van der Waals surface area contributed by atoms with Gasteiger partial charge in [0, 0.05) is 23.5 Å². The molecule has 0 saturated carbocycles. The van der Waals surface area contributed by atoms with E-state index in [1.54, 1.807) is 6.07 Å². The monoisotopic (exact) mass is 654 g/mol. The third-order valence-electron chi connectivity index (χ3n) is 8.39. The maximum Gasteiger partial charge on any atom is 0.330 e. The smallest absolute Gasteiger partial charge is 0.330 e. The molecule has 1 unspecified atom stereocenters. The van der Waals surface area contributed by atoms with E-state index in [1.807, 2.05) is 30.3 Å². The van der Waals surface area contributed by atoms with Crippen molar-refractivity contribution < 1.29 is 32.0 Å². The second-order valence-corrected chi connectivity index (χ2v) is 13.7. The van der Waals surface area contributed by atoms with Crippen LogP contribution in [0.5, 0.6) is 5.75 Å². The van der Waals surface area contributed by atoms with Gasteiger partial charge in [-0.3, -0.25) is 4.55 Å². The van der Waals surface area contributed by atoms with Gasteiger partial charge in [0.2, 0.25) is 0 Å². The van der Waals surface area contributed by atoms with Crippen molar-refractivity contribution in [2.24, 2.45) is 0 Å². The molecule has 0 saturated heterocycles. The van der Waals surface area contributed by atoms with Crippen molar-refractivity contribution in [3.05, 3.63) is 61.2 Å². The van der Waals surface area contributed by atoms with Gasteiger partial charge in [-0.15, -0.1) is 0 Å². The number of rotatable bonds is 25. The van der Waals surface area contributed by atoms with Crippen LogP contribution in [0, 0.1) is 0 Å². The fraction of sp³-hybridized carbons (Fsp3) is 0.553. The second-order valence-electron chi connectivity index (χ2n) is 12.2. The first-order valence-electron chi connectivity index (χ1n) is 17.3. The predicted molar refractivity (Wildman–Crippen MR) is 187 cm³/mol. The van der Waals surface area contributed by atoms with Crippen LogP contribution < -0.4 is 4.74 Å². The summed E-state index contributed by atoms with van der Waals surface area (Å²) >= 11 is 0. The van der Waals surface area contributed by atoms with Crippen molar-refractivity contribution in [1.82, 2.24) is 0 Å². The summed E-state index contributed by atoms with van der Waals surface area (Å²) < 4.78 is 50.9. The number of hydrogen-bond donors (Lipinski definition) is 1. The van der Waals surface area contributed by atoms with Crippen LogP contribution >= 0.6 is 0 Å². The molecule has 0 fully saturated rings. The largest absolute Gasteiger partial charge is 0.488 e. The van der Waals surface area contributed by atoms with Crippen LogP contribution in [0.3, 0.4) is 0 Å². The van der Waals surface area contributed by atoms with E-state index in [0.717, 1.165) is 35.1 Å². The van der Waals surface area contributed by atoms with Crippen molar-refractivity contribution in [3.8, 4) is 5.75 Å². The standard InChI is InChI=1S/C38H54O7S/c1-3-5-6-7-8-9-10-11-12-13-14-15-16-17-18-21-26-43-29-33(45-37(39)4-2)30-44-38-35-23-20-19-22-31(35)27-32-24-25-34(28-36(32)38)46(40,41)42/h4,19-20,22-25,27-28,33H,2-3,5-18,21,26,29-30H2,1H3,(H,40,41,42). The van der Waals surface area contributed by atoms with Gasteiger partial charge in [0.05, 0.1) is 11.5 Å². The Kier molecular flexibility index (Phi) is 17.2. The number of hydrogen-bond acceptors (Lipinski definition) is 6. The Morgan fingerprint density at radius 2 is 1.33 bits per heavy atom. The van der Waals surface area contributed by atoms with Crippen LogP contribution in [0.2, 0.25) is 0 Å². The number of unbranched alkanes of at least 4 members (excludes halogenated alkanes) is 15. The second kappa shape index (κ2) is 21.0. The summed E-state index contributed by atoms with van der Waals surface area (Å²) in [6, 6.07) is 13.9. The minimum atomic E-state index is -4.41. The van der Waals surface area contributed by atoms with E-state index in [4.69, 9.17) is 14.2 Å². The van der Waals surface area contributed by atoms with Gasteiger partial charge in [-0.2, -0.15) is 8.42 Å². The van der Waals surface area contributed by atoms with E-state index in [2.05, 4.69) is 13.5 Å². The van der Waals surface area contributed by atoms with Crippen LogP contribution in [-0.2, 0) is 24.4 Å². The van der Waals surface area contributed by atoms with Crippen LogP contribution in [0.1, 0.15) is 110 Å². The first-order valence-corrected chi connectivity index (χ1v) is 18.7. The zero-order chi connectivity index (χ0) is 33.0. The zero-order valence-electron chi connectivity index (χ0n) is 27.7. The maximum atomic E-state index is 12.1. The van der Waals surface area contributed by atoms with Crippen molar-refractivity contribution in [1.29, 1.82) is 0 Å². The topological polar surface area (TPSA) is 99.1 Å². The molecule has 0 aliphatic heterocycles. The first kappa shape index (κ1) is 37.5. The number of carbonyl (C=O) groups excluding carboxylic acids is 1. The van der Waals surface area contributed by atoms with Gasteiger partial charge in [0.25, 0.3) is 10.1 Å². The highest BCUT2D eigenvalue weighted by Crippen LogP contribution is 2.36. The molecular formula is C38H54O7S. The number of esters is 1. The molecule has 1 atom stereocenters. The van der Waals surface area contributed by atoms with Gasteiger partial charge in [0.1, 0.15) is 12.4 Å². The number of benzene rings is 3. The van der Waals surface area contributed by atoms with E-state index in [-0.39, 0.29) is 18.1 Å². The van der Waals surface area contributed by atoms with Gasteiger partial charge < -0.3 is 14.2 Å². The summed E-state index contributed by atoms with van der Waals surface area (Å²) in [5.74, 6) is -0.132. The number of ether oxygens (including phenoxy) is 3. The summed E-state index contributed by atoms with van der Waals surface area (Å²) in [4.78, 5) is 11.8. The quantitative estimate of drug-likeness (QED) is 0.0319. The average molecular weight is 655 g/mol. The predicted octanol–water partition coefficient (Wildman–Crippen LogP) is 9.99. The SMILES string of the molecule is C=CC(=O)OC(COCCCCCCCCCCCCCCCCCC)COc1c2ccccc2cc2ccc(S(=O)(=O)O)cc12. The molecule has 1 N–H and O–H groups in total. The molecule has 0 radical (unpaired) electrons. The molecule has 0 aromatic heterocycles. The molecule has 0 amide bonds. The molecule has 0 aliphatic carbocycles. The molecule has 254 valence electrons. The molecule has 0 heterocycles. The Hall–Kier alpha value is -2.94. The fourth-order valence-electron chi connectivity index (χ4n) is 5.79. The average Bonchev–Trinajstić information content (AvgIpc) is 3.05. The third kappa shape index (κ3) is 13.4. The van der Waals surface area contributed by atoms with Gasteiger partial charge in [-0.1, -0.05) is 140 Å². The van der Waals surface area contributed by atoms with Gasteiger partial charge >= 0.3 is 5.97 Å². The van der Waals surface area contributed by atoms with Gasteiger partial charge in [-0.25, -0.2) is 4.79 Å². The minimum absolute atomic E-state index is 0.00223. The van der Waals surface area contributed by atoms with Crippen LogP contribution in [0.4, 0.5) is 0 Å². The van der Waals surface area contributed by atoms with Crippen LogP contribution in [-0.4, -0.2) is 44.9 Å². The Bertz CT molecular complexity index is 1450. The molecular weight excluding hydrogens is 600 g/mol. The molecule has 0 bridgehead atoms. The third-order valence-corrected chi connectivity index (χ3v) is 9.24. The lowest BCUT2D eigenvalue weighted by Gasteiger charge is -2.20. The van der Waals surface area contributed by atoms with E-state index < -0.39 is 22.2 Å². The highest BCUT2D eigenvalue weighted by molar-refractivity contribution is 7.85. The normalized spacial score (nSPS) is 12.4. The molecule has 0 aliphatic rings. The molecule has 3 aromatic rings. The molecule has 8 heteroatoms. The number of fused-ring (bicyclic) bond motifs is 2. The molecule has 3 rings (SSSR count). The Labute approximate surface area is 276 Å². The lowest BCUT2D eigenvalue weighted by molar-refractivity contribution is -0.148. The zero-order valence-corrected chi connectivity index (χ0v) is 28.5. The van der Waals surface area contributed by atoms with Crippen LogP contribution in [0.15, 0.2) is 66.1 Å². The maximum absolute atomic E-state index is 12.1. The molecule has 3 aromatic carbocycles. The van der Waals surface area contributed by atoms with E-state index in [0.29, 0.717) is 17.7 Å². The Balaban J connectivity index is 1.40. The van der Waals surface area contributed by atoms with Crippen molar-refractivity contribution >= 4 is 37.6 Å². The summed E-state index contributed by atoms with van der Waals surface area (Å²) in [5, 5.41) is 2.95. The van der Waals surface area contributed by atoms with Crippen molar-refractivity contribution in [2.45, 2.75) is 121 Å². The summed E-state index contributed by atoms with van der Waals surface area (Å²) in [6.07, 6.45) is 21.3. The van der Waals surface area contributed by atoms with Gasteiger partial charge in [-0.05, 0) is 35.4 Å². The molecule has 0 spiro atoms. The van der Waals surface area contributed by atoms with Gasteiger partial charge in [0.15, 0.2) is 6.10 Å². The minimum Gasteiger partial charge on any atom is -0.488 e. The Morgan fingerprint density at radius 1 is 0.761 bits per heavy atom. The highest BCUT2D eigenvalue weighted by atomic mass is 32.2. The summed E-state index contributed by atoms with van der Waals surface area (Å²) in [5.41, 5.74) is 0. The van der Waals surface area contributed by atoms with E-state index in [9.17, 15) is 17.8 Å². The Morgan fingerprint density at radius 3 is 1.91 bits per heavy atom. The van der Waals surface area contributed by atoms with Crippen LogP contribution in [0.25, 0.3) is 21.5 Å². The van der Waals surface area contributed by atoms with E-state index in [1.165, 1.54) is 102 Å². The number of carbonyl (C=O) groups is 1. The van der Waals surface area contributed by atoms with Crippen molar-refractivity contribution in [3.63, 3.8) is 0 Å².